The summed E-state index contributed by atoms with van der Waals surface area (Å²) in [7, 11) is 0. The van der Waals surface area contributed by atoms with Gasteiger partial charge in [0.1, 0.15) is 11.8 Å². The number of hydrogen-bond acceptors (Lipinski definition) is 4. The van der Waals surface area contributed by atoms with Crippen molar-refractivity contribution in [3.8, 4) is 0 Å². The minimum atomic E-state index is -1.75. The number of ether oxygens (including phenoxy) is 2. The third-order valence-electron chi connectivity index (χ3n) is 1.49. The molecule has 0 fully saturated rings. The minimum Gasteiger partial charge on any atom is -0.500 e. The van der Waals surface area contributed by atoms with Gasteiger partial charge in [-0.2, -0.15) is 0 Å². The number of carbonyl (C=O) groups is 2. The number of hydrogen-bond donors (Lipinski definition) is 0. The number of carbonyl (C=O) groups excluding carboxylic acids is 2. The molecule has 0 amide bonds. The molecule has 0 radical (unpaired) electrons. The van der Waals surface area contributed by atoms with Crippen molar-refractivity contribution in [1.82, 2.24) is 0 Å². The number of esters is 1. The van der Waals surface area contributed by atoms with Crippen molar-refractivity contribution < 1.29 is 23.5 Å². The monoisotopic (exact) mass is 218 g/mol. The van der Waals surface area contributed by atoms with Crippen LogP contribution in [0.2, 0.25) is 0 Å². The highest BCUT2D eigenvalue weighted by atomic mass is 19.1. The van der Waals surface area contributed by atoms with E-state index in [0.717, 1.165) is 13.2 Å². The fourth-order valence-corrected chi connectivity index (χ4v) is 0.797. The van der Waals surface area contributed by atoms with Crippen LogP contribution in [0.1, 0.15) is 20.8 Å². The third-order valence-corrected chi connectivity index (χ3v) is 1.49. The summed E-state index contributed by atoms with van der Waals surface area (Å²) in [6, 6.07) is 0. The average molecular weight is 218 g/mol. The van der Waals surface area contributed by atoms with Gasteiger partial charge in [-0.25, -0.2) is 9.18 Å². The molecule has 0 aliphatic carbocycles. The zero-order chi connectivity index (χ0) is 11.8. The molecular formula is C10H15FO4. The maximum absolute atomic E-state index is 12.7. The van der Waals surface area contributed by atoms with Crippen LogP contribution in [0.25, 0.3) is 0 Å². The summed E-state index contributed by atoms with van der Waals surface area (Å²) in [6.45, 7) is 4.75. The van der Waals surface area contributed by atoms with E-state index in [0.29, 0.717) is 0 Å². The summed E-state index contributed by atoms with van der Waals surface area (Å²) < 4.78 is 22.1. The molecule has 4 nitrogen and oxygen atoms in total. The number of ketones is 1. The Morgan fingerprint density at radius 1 is 1.33 bits per heavy atom. The maximum Gasteiger partial charge on any atom is 0.345 e. The predicted octanol–water partition coefficient (Wildman–Crippen LogP) is 1.40. The van der Waals surface area contributed by atoms with Gasteiger partial charge in [0.05, 0.1) is 13.2 Å². The van der Waals surface area contributed by atoms with Crippen LogP contribution in [0, 0.1) is 0 Å². The molecule has 0 rings (SSSR count). The molecule has 0 aliphatic rings. The molecule has 0 spiro atoms. The Kier molecular flexibility index (Phi) is 6.33. The largest absolute Gasteiger partial charge is 0.500 e. The number of alkyl halides is 1. The molecule has 1 unspecified atom stereocenters. The smallest absolute Gasteiger partial charge is 0.345 e. The van der Waals surface area contributed by atoms with Gasteiger partial charge in [-0.05, 0) is 20.8 Å². The summed E-state index contributed by atoms with van der Waals surface area (Å²) in [4.78, 5) is 22.5. The van der Waals surface area contributed by atoms with Gasteiger partial charge in [0.25, 0.3) is 0 Å². The molecule has 15 heavy (non-hydrogen) atoms. The first kappa shape index (κ1) is 13.6. The molecule has 0 saturated heterocycles. The van der Waals surface area contributed by atoms with Crippen LogP contribution in [-0.2, 0) is 19.1 Å². The van der Waals surface area contributed by atoms with E-state index in [1.54, 1.807) is 13.8 Å². The van der Waals surface area contributed by atoms with Gasteiger partial charge in [-0.15, -0.1) is 0 Å². The van der Waals surface area contributed by atoms with Crippen LogP contribution in [0.5, 0.6) is 0 Å². The van der Waals surface area contributed by atoms with Crippen LogP contribution in [0.15, 0.2) is 11.8 Å². The second-order valence-corrected chi connectivity index (χ2v) is 2.69. The SMILES string of the molecule is CCO/C=C(/C(=O)OCC)C(=O)C(C)F. The van der Waals surface area contributed by atoms with Crippen LogP contribution in [0.3, 0.4) is 0 Å². The van der Waals surface area contributed by atoms with E-state index in [1.165, 1.54) is 0 Å². The van der Waals surface area contributed by atoms with Crippen LogP contribution in [0.4, 0.5) is 4.39 Å². The summed E-state index contributed by atoms with van der Waals surface area (Å²) in [5, 5.41) is 0. The van der Waals surface area contributed by atoms with Gasteiger partial charge >= 0.3 is 5.97 Å². The van der Waals surface area contributed by atoms with Gasteiger partial charge in [0.2, 0.25) is 5.78 Å². The van der Waals surface area contributed by atoms with E-state index in [2.05, 4.69) is 4.74 Å². The van der Waals surface area contributed by atoms with Gasteiger partial charge in [0.15, 0.2) is 6.17 Å². The highest BCUT2D eigenvalue weighted by molar-refractivity contribution is 6.18. The first-order chi connectivity index (χ1) is 7.04. The second kappa shape index (κ2) is 6.98. The van der Waals surface area contributed by atoms with Gasteiger partial charge in [-0.1, -0.05) is 0 Å². The molecule has 0 aromatic carbocycles. The molecule has 0 bridgehead atoms. The normalized spacial score (nSPS) is 13.2. The van der Waals surface area contributed by atoms with E-state index in [4.69, 9.17) is 4.74 Å². The van der Waals surface area contributed by atoms with Gasteiger partial charge < -0.3 is 9.47 Å². The van der Waals surface area contributed by atoms with E-state index >= 15 is 0 Å². The molecule has 1 atom stereocenters. The molecular weight excluding hydrogens is 203 g/mol. The molecule has 0 aliphatic heterocycles. The molecule has 0 saturated carbocycles. The lowest BCUT2D eigenvalue weighted by molar-refractivity contribution is -0.140. The highest BCUT2D eigenvalue weighted by Gasteiger charge is 2.24. The molecule has 0 aromatic rings. The maximum atomic E-state index is 12.7. The standard InChI is InChI=1S/C10H15FO4/c1-4-14-6-8(9(12)7(3)11)10(13)15-5-2/h6-7H,4-5H2,1-3H3/b8-6+. The first-order valence-electron chi connectivity index (χ1n) is 4.71. The Morgan fingerprint density at radius 3 is 2.33 bits per heavy atom. The Balaban J connectivity index is 4.73. The summed E-state index contributed by atoms with van der Waals surface area (Å²) in [5.74, 6) is -1.79. The van der Waals surface area contributed by atoms with E-state index in [1.807, 2.05) is 0 Å². The Hall–Kier alpha value is -1.39. The Bertz CT molecular complexity index is 258. The van der Waals surface area contributed by atoms with Crippen LogP contribution in [-0.4, -0.2) is 31.1 Å². The van der Waals surface area contributed by atoms with Crippen molar-refractivity contribution >= 4 is 11.8 Å². The fraction of sp³-hybridized carbons (Fsp3) is 0.600. The fourth-order valence-electron chi connectivity index (χ4n) is 0.797. The average Bonchev–Trinajstić information content (AvgIpc) is 2.18. The zero-order valence-electron chi connectivity index (χ0n) is 9.08. The molecule has 0 N–H and O–H groups in total. The zero-order valence-corrected chi connectivity index (χ0v) is 9.08. The number of halogens is 1. The third kappa shape index (κ3) is 4.58. The molecule has 86 valence electrons. The number of Topliss-reactive ketones (excluding diaryl/α,β-unsaturated/α-hetero) is 1. The summed E-state index contributed by atoms with van der Waals surface area (Å²) in [5.41, 5.74) is -0.395. The highest BCUT2D eigenvalue weighted by Crippen LogP contribution is 2.06. The van der Waals surface area contributed by atoms with Crippen LogP contribution >= 0.6 is 0 Å². The van der Waals surface area contributed by atoms with Crippen molar-refractivity contribution in [2.75, 3.05) is 13.2 Å². The lowest BCUT2D eigenvalue weighted by Gasteiger charge is -2.06. The van der Waals surface area contributed by atoms with Crippen molar-refractivity contribution in [1.29, 1.82) is 0 Å². The van der Waals surface area contributed by atoms with E-state index in [-0.39, 0.29) is 13.2 Å². The summed E-state index contributed by atoms with van der Waals surface area (Å²) in [6.07, 6.45) is -0.808. The van der Waals surface area contributed by atoms with E-state index in [9.17, 15) is 14.0 Å². The lowest BCUT2D eigenvalue weighted by atomic mass is 10.1. The number of rotatable bonds is 6. The quantitative estimate of drug-likeness (QED) is 0.222. The lowest BCUT2D eigenvalue weighted by Crippen LogP contribution is -2.22. The van der Waals surface area contributed by atoms with E-state index < -0.39 is 23.5 Å². The topological polar surface area (TPSA) is 52.6 Å². The first-order valence-corrected chi connectivity index (χ1v) is 4.71. The van der Waals surface area contributed by atoms with Crippen molar-refractivity contribution in [3.05, 3.63) is 11.8 Å². The van der Waals surface area contributed by atoms with Crippen molar-refractivity contribution in [3.63, 3.8) is 0 Å². The molecule has 0 heterocycles. The Morgan fingerprint density at radius 2 is 1.93 bits per heavy atom. The van der Waals surface area contributed by atoms with Gasteiger partial charge in [0, 0.05) is 0 Å². The van der Waals surface area contributed by atoms with Crippen molar-refractivity contribution in [2.24, 2.45) is 0 Å². The van der Waals surface area contributed by atoms with Crippen molar-refractivity contribution in [2.45, 2.75) is 26.9 Å². The predicted molar refractivity (Wildman–Crippen MR) is 51.9 cm³/mol. The molecule has 0 aromatic heterocycles. The summed E-state index contributed by atoms with van der Waals surface area (Å²) >= 11 is 0. The van der Waals surface area contributed by atoms with Gasteiger partial charge in [-0.3, -0.25) is 4.79 Å². The Labute approximate surface area is 88.0 Å². The molecule has 5 heteroatoms. The minimum absolute atomic E-state index is 0.121. The van der Waals surface area contributed by atoms with Crippen LogP contribution < -0.4 is 0 Å². The second-order valence-electron chi connectivity index (χ2n) is 2.69.